The molecule has 1 nitrogen and oxygen atoms in total. The average Bonchev–Trinajstić information content (AvgIpc) is 2.19. The third-order valence-corrected chi connectivity index (χ3v) is 3.59. The van der Waals surface area contributed by atoms with Gasteiger partial charge in [-0.3, -0.25) is 0 Å². The molecule has 0 saturated carbocycles. The molecule has 1 heterocycles. The van der Waals surface area contributed by atoms with Gasteiger partial charge in [-0.05, 0) is 39.3 Å². The van der Waals surface area contributed by atoms with E-state index in [2.05, 4.69) is 32.7 Å². The molecule has 0 aromatic rings. The van der Waals surface area contributed by atoms with Gasteiger partial charge in [0.25, 0.3) is 0 Å². The topological polar surface area (TPSA) is 3.24 Å². The van der Waals surface area contributed by atoms with Gasteiger partial charge in [-0.1, -0.05) is 20.3 Å². The fraction of sp³-hybridized carbons (Fsp3) is 1.00. The summed E-state index contributed by atoms with van der Waals surface area (Å²) >= 11 is 0. The maximum atomic E-state index is 2.53. The number of hydrogen-bond donors (Lipinski definition) is 0. The largest absolute Gasteiger partial charge is 0.301 e. The van der Waals surface area contributed by atoms with Crippen molar-refractivity contribution in [1.29, 1.82) is 0 Å². The fourth-order valence-corrected chi connectivity index (χ4v) is 2.27. The van der Waals surface area contributed by atoms with Crippen LogP contribution >= 0.6 is 0 Å². The first kappa shape index (κ1) is 9.05. The van der Waals surface area contributed by atoms with Crippen molar-refractivity contribution in [2.75, 3.05) is 13.6 Å². The van der Waals surface area contributed by atoms with E-state index in [0.29, 0.717) is 5.54 Å². The van der Waals surface area contributed by atoms with Gasteiger partial charge in [0.1, 0.15) is 0 Å². The lowest BCUT2D eigenvalue weighted by atomic mass is 9.84. The maximum absolute atomic E-state index is 2.53. The van der Waals surface area contributed by atoms with Gasteiger partial charge < -0.3 is 4.90 Å². The van der Waals surface area contributed by atoms with Gasteiger partial charge in [-0.25, -0.2) is 0 Å². The van der Waals surface area contributed by atoms with Crippen molar-refractivity contribution >= 4 is 0 Å². The van der Waals surface area contributed by atoms with E-state index in [0.717, 1.165) is 5.92 Å². The zero-order valence-corrected chi connectivity index (χ0v) is 8.35. The first-order valence-corrected chi connectivity index (χ1v) is 4.82. The number of rotatable bonds is 2. The van der Waals surface area contributed by atoms with Crippen molar-refractivity contribution in [2.45, 2.75) is 45.6 Å². The third kappa shape index (κ3) is 1.44. The lowest BCUT2D eigenvalue weighted by Gasteiger charge is -2.35. The summed E-state index contributed by atoms with van der Waals surface area (Å²) < 4.78 is 0. The van der Waals surface area contributed by atoms with Gasteiger partial charge in [-0.15, -0.1) is 0 Å². The Bertz CT molecular complexity index is 121. The fourth-order valence-electron chi connectivity index (χ4n) is 2.27. The predicted octanol–water partition coefficient (Wildman–Crippen LogP) is 2.52. The Balaban J connectivity index is 2.63. The number of likely N-dealkylation sites (tertiary alicyclic amines) is 1. The molecule has 11 heavy (non-hydrogen) atoms. The molecule has 0 bridgehead atoms. The summed E-state index contributed by atoms with van der Waals surface area (Å²) in [5.74, 6) is 0.882. The van der Waals surface area contributed by atoms with Gasteiger partial charge in [0, 0.05) is 5.54 Å². The lowest BCUT2D eigenvalue weighted by Crippen LogP contribution is -2.41. The second-order valence-corrected chi connectivity index (χ2v) is 4.22. The summed E-state index contributed by atoms with van der Waals surface area (Å²) in [5.41, 5.74) is 0.495. The van der Waals surface area contributed by atoms with Crippen LogP contribution in [0, 0.1) is 5.92 Å². The van der Waals surface area contributed by atoms with Crippen LogP contribution in [0.25, 0.3) is 0 Å². The second kappa shape index (κ2) is 3.14. The Kier molecular flexibility index (Phi) is 2.58. The van der Waals surface area contributed by atoms with Crippen molar-refractivity contribution in [1.82, 2.24) is 4.90 Å². The van der Waals surface area contributed by atoms with Crippen molar-refractivity contribution < 1.29 is 0 Å². The first-order chi connectivity index (χ1) is 5.11. The summed E-state index contributed by atoms with van der Waals surface area (Å²) in [7, 11) is 2.26. The molecule has 1 fully saturated rings. The Morgan fingerprint density at radius 1 is 1.55 bits per heavy atom. The highest BCUT2D eigenvalue weighted by atomic mass is 15.2. The summed E-state index contributed by atoms with van der Waals surface area (Å²) in [6.45, 7) is 8.37. The third-order valence-electron chi connectivity index (χ3n) is 3.59. The SMILES string of the molecule is CCCC1(C)C(C)CCN1C. The molecular formula is C10H21N. The average molecular weight is 155 g/mol. The van der Waals surface area contributed by atoms with Crippen molar-refractivity contribution in [3.05, 3.63) is 0 Å². The molecular weight excluding hydrogens is 134 g/mol. The zero-order chi connectivity index (χ0) is 8.48. The number of hydrogen-bond acceptors (Lipinski definition) is 1. The summed E-state index contributed by atoms with van der Waals surface area (Å²) in [5, 5.41) is 0. The lowest BCUT2D eigenvalue weighted by molar-refractivity contribution is 0.144. The van der Waals surface area contributed by atoms with E-state index in [-0.39, 0.29) is 0 Å². The van der Waals surface area contributed by atoms with Gasteiger partial charge in [-0.2, -0.15) is 0 Å². The smallest absolute Gasteiger partial charge is 0.0204 e. The normalized spacial score (nSPS) is 39.8. The molecule has 2 atom stereocenters. The van der Waals surface area contributed by atoms with Crippen LogP contribution in [0.5, 0.6) is 0 Å². The Hall–Kier alpha value is -0.0400. The summed E-state index contributed by atoms with van der Waals surface area (Å²) in [6.07, 6.45) is 4.04. The van der Waals surface area contributed by atoms with E-state index in [9.17, 15) is 0 Å². The molecule has 66 valence electrons. The molecule has 0 aromatic carbocycles. The minimum absolute atomic E-state index is 0.495. The Labute approximate surface area is 70.8 Å². The Morgan fingerprint density at radius 2 is 2.18 bits per heavy atom. The molecule has 0 aromatic heterocycles. The van der Waals surface area contributed by atoms with E-state index >= 15 is 0 Å². The monoisotopic (exact) mass is 155 g/mol. The molecule has 1 aliphatic heterocycles. The van der Waals surface area contributed by atoms with Crippen LogP contribution in [0.1, 0.15) is 40.0 Å². The minimum Gasteiger partial charge on any atom is -0.301 e. The maximum Gasteiger partial charge on any atom is 0.0204 e. The summed E-state index contributed by atoms with van der Waals surface area (Å²) in [4.78, 5) is 2.53. The number of nitrogens with zero attached hydrogens (tertiary/aromatic N) is 1. The van der Waals surface area contributed by atoms with E-state index in [4.69, 9.17) is 0 Å². The van der Waals surface area contributed by atoms with E-state index in [1.807, 2.05) is 0 Å². The van der Waals surface area contributed by atoms with Crippen LogP contribution in [-0.4, -0.2) is 24.0 Å². The summed E-state index contributed by atoms with van der Waals surface area (Å²) in [6, 6.07) is 0. The van der Waals surface area contributed by atoms with Gasteiger partial charge in [0.05, 0.1) is 0 Å². The van der Waals surface area contributed by atoms with Gasteiger partial charge in [0.2, 0.25) is 0 Å². The van der Waals surface area contributed by atoms with Crippen LogP contribution in [-0.2, 0) is 0 Å². The first-order valence-electron chi connectivity index (χ1n) is 4.82. The van der Waals surface area contributed by atoms with Crippen molar-refractivity contribution in [3.8, 4) is 0 Å². The standard InChI is InChI=1S/C10H21N/c1-5-7-10(3)9(2)6-8-11(10)4/h9H,5-8H2,1-4H3. The van der Waals surface area contributed by atoms with Crippen molar-refractivity contribution in [3.63, 3.8) is 0 Å². The molecule has 0 radical (unpaired) electrons. The molecule has 0 aliphatic carbocycles. The van der Waals surface area contributed by atoms with Gasteiger partial charge >= 0.3 is 0 Å². The Morgan fingerprint density at radius 3 is 2.55 bits per heavy atom. The highest BCUT2D eigenvalue weighted by molar-refractivity contribution is 4.94. The second-order valence-electron chi connectivity index (χ2n) is 4.22. The van der Waals surface area contributed by atoms with Crippen LogP contribution in [0.4, 0.5) is 0 Å². The highest BCUT2D eigenvalue weighted by Gasteiger charge is 2.38. The van der Waals surface area contributed by atoms with Gasteiger partial charge in [0.15, 0.2) is 0 Å². The molecule has 1 saturated heterocycles. The molecule has 0 N–H and O–H groups in total. The van der Waals surface area contributed by atoms with Crippen molar-refractivity contribution in [2.24, 2.45) is 5.92 Å². The van der Waals surface area contributed by atoms with Crippen LogP contribution in [0.3, 0.4) is 0 Å². The predicted molar refractivity (Wildman–Crippen MR) is 49.7 cm³/mol. The molecule has 1 rings (SSSR count). The molecule has 0 amide bonds. The van der Waals surface area contributed by atoms with E-state index in [1.54, 1.807) is 0 Å². The molecule has 1 heteroatoms. The van der Waals surface area contributed by atoms with E-state index in [1.165, 1.54) is 25.8 Å². The molecule has 0 spiro atoms. The van der Waals surface area contributed by atoms with Crippen LogP contribution in [0.15, 0.2) is 0 Å². The van der Waals surface area contributed by atoms with Crippen LogP contribution < -0.4 is 0 Å². The van der Waals surface area contributed by atoms with Crippen LogP contribution in [0.2, 0.25) is 0 Å². The molecule has 2 unspecified atom stereocenters. The highest BCUT2D eigenvalue weighted by Crippen LogP contribution is 2.36. The zero-order valence-electron chi connectivity index (χ0n) is 8.35. The van der Waals surface area contributed by atoms with E-state index < -0.39 is 0 Å². The molecule has 1 aliphatic rings. The minimum atomic E-state index is 0.495. The quantitative estimate of drug-likeness (QED) is 0.592.